The number of carboxylic acids is 1. The summed E-state index contributed by atoms with van der Waals surface area (Å²) in [7, 11) is 0. The van der Waals surface area contributed by atoms with Crippen LogP contribution in [-0.4, -0.2) is 76.7 Å². The van der Waals surface area contributed by atoms with Gasteiger partial charge in [-0.2, -0.15) is 11.8 Å². The van der Waals surface area contributed by atoms with E-state index in [1.807, 2.05) is 18.4 Å². The normalized spacial score (nSPS) is 14.0. The molecule has 0 aliphatic carbocycles. The van der Waals surface area contributed by atoms with Gasteiger partial charge in [0.2, 0.25) is 17.7 Å². The first-order valence-electron chi connectivity index (χ1n) is 11.8. The molecule has 10 nitrogen and oxygen atoms in total. The molecule has 0 aliphatic rings. The van der Waals surface area contributed by atoms with Crippen molar-refractivity contribution in [2.45, 2.75) is 43.4 Å². The van der Waals surface area contributed by atoms with E-state index in [2.05, 4.69) is 16.0 Å². The number of hydrogen-bond acceptors (Lipinski definition) is 7. The standard InChI is InChI=1S/C26H34N4O6S/c1-37-13-12-20(26(35)36)28-24(33)22(15-18-10-6-3-7-11-18)30-25(34)21(29-23(32)19(27)16-31)14-17-8-4-2-5-9-17/h2-11,19-22,31H,12-16,27H2,1H3,(H,28,33)(H,29,32)(H,30,34)(H,35,36). The number of aliphatic carboxylic acids is 1. The van der Waals surface area contributed by atoms with Crippen molar-refractivity contribution in [1.82, 2.24) is 16.0 Å². The number of benzene rings is 2. The van der Waals surface area contributed by atoms with Crippen LogP contribution in [0.4, 0.5) is 0 Å². The molecule has 3 amide bonds. The molecule has 200 valence electrons. The fourth-order valence-corrected chi connectivity index (χ4v) is 3.99. The minimum Gasteiger partial charge on any atom is -0.480 e. The highest BCUT2D eigenvalue weighted by atomic mass is 32.2. The van der Waals surface area contributed by atoms with Gasteiger partial charge in [-0.3, -0.25) is 14.4 Å². The summed E-state index contributed by atoms with van der Waals surface area (Å²) < 4.78 is 0. The van der Waals surface area contributed by atoms with Crippen LogP contribution in [0.2, 0.25) is 0 Å². The lowest BCUT2D eigenvalue weighted by Crippen LogP contribution is -2.58. The highest BCUT2D eigenvalue weighted by Crippen LogP contribution is 2.09. The van der Waals surface area contributed by atoms with E-state index in [9.17, 15) is 29.4 Å². The molecule has 0 fully saturated rings. The van der Waals surface area contributed by atoms with Gasteiger partial charge in [0, 0.05) is 12.8 Å². The number of carboxylic acid groups (broad SMARTS) is 1. The zero-order chi connectivity index (χ0) is 27.2. The van der Waals surface area contributed by atoms with E-state index in [1.54, 1.807) is 48.5 Å². The van der Waals surface area contributed by atoms with Crippen molar-refractivity contribution >= 4 is 35.5 Å². The molecule has 2 aromatic rings. The van der Waals surface area contributed by atoms with Crippen LogP contribution in [0.15, 0.2) is 60.7 Å². The van der Waals surface area contributed by atoms with Crippen LogP contribution in [-0.2, 0) is 32.0 Å². The molecular formula is C26H34N4O6S. The molecule has 0 saturated heterocycles. The van der Waals surface area contributed by atoms with Gasteiger partial charge in [0.1, 0.15) is 24.2 Å². The first-order chi connectivity index (χ1) is 17.7. The number of amides is 3. The van der Waals surface area contributed by atoms with Crippen molar-refractivity contribution in [1.29, 1.82) is 0 Å². The number of rotatable bonds is 15. The van der Waals surface area contributed by atoms with Gasteiger partial charge in [0.25, 0.3) is 0 Å². The lowest BCUT2D eigenvalue weighted by molar-refractivity contribution is -0.142. The van der Waals surface area contributed by atoms with Crippen molar-refractivity contribution in [3.63, 3.8) is 0 Å². The number of carbonyl (C=O) groups excluding carboxylic acids is 3. The molecule has 2 aromatic carbocycles. The molecule has 4 atom stereocenters. The van der Waals surface area contributed by atoms with E-state index in [-0.39, 0.29) is 19.3 Å². The van der Waals surface area contributed by atoms with Crippen molar-refractivity contribution in [3.8, 4) is 0 Å². The molecule has 0 saturated carbocycles. The molecule has 7 N–H and O–H groups in total. The second-order valence-corrected chi connectivity index (χ2v) is 9.46. The minimum atomic E-state index is -1.22. The van der Waals surface area contributed by atoms with Crippen LogP contribution in [0.3, 0.4) is 0 Å². The smallest absolute Gasteiger partial charge is 0.326 e. The Morgan fingerprint density at radius 2 is 1.22 bits per heavy atom. The topological polar surface area (TPSA) is 171 Å². The van der Waals surface area contributed by atoms with Gasteiger partial charge in [-0.25, -0.2) is 4.79 Å². The van der Waals surface area contributed by atoms with Gasteiger partial charge < -0.3 is 31.9 Å². The van der Waals surface area contributed by atoms with Crippen LogP contribution < -0.4 is 21.7 Å². The second kappa shape index (κ2) is 15.6. The van der Waals surface area contributed by atoms with Crippen molar-refractivity contribution in [2.75, 3.05) is 18.6 Å². The SMILES string of the molecule is CSCCC(NC(=O)C(Cc1ccccc1)NC(=O)C(Cc1ccccc1)NC(=O)C(N)CO)C(=O)O. The number of nitrogens with one attached hydrogen (secondary N) is 3. The number of aliphatic hydroxyl groups is 1. The summed E-state index contributed by atoms with van der Waals surface area (Å²) in [4.78, 5) is 50.6. The van der Waals surface area contributed by atoms with Gasteiger partial charge >= 0.3 is 5.97 Å². The first-order valence-corrected chi connectivity index (χ1v) is 13.2. The molecule has 0 aromatic heterocycles. The Kier molecular flexibility index (Phi) is 12.6. The maximum Gasteiger partial charge on any atom is 0.326 e. The molecule has 0 aliphatic heterocycles. The maximum absolute atomic E-state index is 13.4. The molecular weight excluding hydrogens is 496 g/mol. The minimum absolute atomic E-state index is 0.107. The Balaban J connectivity index is 2.27. The van der Waals surface area contributed by atoms with Crippen molar-refractivity contribution < 1.29 is 29.4 Å². The predicted molar refractivity (Wildman–Crippen MR) is 142 cm³/mol. The van der Waals surface area contributed by atoms with E-state index >= 15 is 0 Å². The van der Waals surface area contributed by atoms with E-state index in [0.717, 1.165) is 11.1 Å². The van der Waals surface area contributed by atoms with E-state index in [4.69, 9.17) is 5.73 Å². The highest BCUT2D eigenvalue weighted by molar-refractivity contribution is 7.98. The predicted octanol–water partition coefficient (Wildman–Crippen LogP) is 0.0835. The third-order valence-electron chi connectivity index (χ3n) is 5.59. The summed E-state index contributed by atoms with van der Waals surface area (Å²) >= 11 is 1.46. The Hall–Kier alpha value is -3.41. The molecule has 37 heavy (non-hydrogen) atoms. The summed E-state index contributed by atoms with van der Waals surface area (Å²) in [6.45, 7) is -0.600. The Morgan fingerprint density at radius 1 is 0.784 bits per heavy atom. The number of aliphatic hydroxyl groups excluding tert-OH is 1. The molecule has 0 radical (unpaired) electrons. The Bertz CT molecular complexity index is 1020. The molecule has 0 bridgehead atoms. The van der Waals surface area contributed by atoms with Crippen LogP contribution in [0.1, 0.15) is 17.5 Å². The quantitative estimate of drug-likeness (QED) is 0.188. The average Bonchev–Trinajstić information content (AvgIpc) is 2.90. The third-order valence-corrected chi connectivity index (χ3v) is 6.23. The van der Waals surface area contributed by atoms with Gasteiger partial charge in [0.05, 0.1) is 6.61 Å². The monoisotopic (exact) mass is 530 g/mol. The largest absolute Gasteiger partial charge is 0.480 e. The van der Waals surface area contributed by atoms with Gasteiger partial charge in [-0.15, -0.1) is 0 Å². The van der Waals surface area contributed by atoms with Crippen LogP contribution in [0, 0.1) is 0 Å². The lowest BCUT2D eigenvalue weighted by atomic mass is 10.0. The van der Waals surface area contributed by atoms with Gasteiger partial charge in [0.15, 0.2) is 0 Å². The summed E-state index contributed by atoms with van der Waals surface area (Å²) in [6.07, 6.45) is 2.28. The fraction of sp³-hybridized carbons (Fsp3) is 0.385. The number of nitrogens with two attached hydrogens (primary N) is 1. The summed E-state index contributed by atoms with van der Waals surface area (Å²) in [5.41, 5.74) is 7.13. The van der Waals surface area contributed by atoms with Gasteiger partial charge in [-0.1, -0.05) is 60.7 Å². The molecule has 4 unspecified atom stereocenters. The van der Waals surface area contributed by atoms with Crippen LogP contribution >= 0.6 is 11.8 Å². The summed E-state index contributed by atoms with van der Waals surface area (Å²) in [5.74, 6) is -2.65. The fourth-order valence-electron chi connectivity index (χ4n) is 3.52. The maximum atomic E-state index is 13.4. The molecule has 11 heteroatoms. The van der Waals surface area contributed by atoms with E-state index in [0.29, 0.717) is 5.75 Å². The number of thioether (sulfide) groups is 1. The Morgan fingerprint density at radius 3 is 1.62 bits per heavy atom. The first kappa shape index (κ1) is 29.8. The zero-order valence-corrected chi connectivity index (χ0v) is 21.4. The van der Waals surface area contributed by atoms with Crippen LogP contribution in [0.25, 0.3) is 0 Å². The van der Waals surface area contributed by atoms with E-state index < -0.39 is 54.5 Å². The third kappa shape index (κ3) is 10.2. The lowest BCUT2D eigenvalue weighted by Gasteiger charge is -2.25. The molecule has 0 heterocycles. The molecule has 0 spiro atoms. The Labute approximate surface area is 220 Å². The summed E-state index contributed by atoms with van der Waals surface area (Å²) in [6, 6.07) is 13.4. The average molecular weight is 531 g/mol. The van der Waals surface area contributed by atoms with Crippen molar-refractivity contribution in [3.05, 3.63) is 71.8 Å². The zero-order valence-electron chi connectivity index (χ0n) is 20.6. The summed E-state index contributed by atoms with van der Waals surface area (Å²) in [5, 5.41) is 26.5. The van der Waals surface area contributed by atoms with E-state index in [1.165, 1.54) is 11.8 Å². The number of carbonyl (C=O) groups is 4. The van der Waals surface area contributed by atoms with Gasteiger partial charge in [-0.05, 0) is 29.6 Å². The molecule has 2 rings (SSSR count). The van der Waals surface area contributed by atoms with Crippen LogP contribution in [0.5, 0.6) is 0 Å². The number of hydrogen-bond donors (Lipinski definition) is 6. The highest BCUT2D eigenvalue weighted by Gasteiger charge is 2.30. The second-order valence-electron chi connectivity index (χ2n) is 8.47. The van der Waals surface area contributed by atoms with Crippen molar-refractivity contribution in [2.24, 2.45) is 5.73 Å².